The van der Waals surface area contributed by atoms with Gasteiger partial charge >= 0.3 is 0 Å². The Balaban J connectivity index is -0.000000112. The third-order valence-electron chi connectivity index (χ3n) is 0.728. The quantitative estimate of drug-likeness (QED) is 0.473. The molecule has 0 saturated carbocycles. The first-order valence-electron chi connectivity index (χ1n) is 4.06. The zero-order chi connectivity index (χ0) is 10.6. The number of allylic oxidation sites excluding steroid dienone is 3. The molecule has 0 spiro atoms. The fourth-order valence-electron chi connectivity index (χ4n) is 0. The van der Waals surface area contributed by atoms with Gasteiger partial charge in [-0.1, -0.05) is 37.1 Å². The van der Waals surface area contributed by atoms with Crippen LogP contribution in [0.15, 0.2) is 23.0 Å². The fraction of sp³-hybridized carbons (Fsp3) is 0.600. The number of hydrogen-bond donors (Lipinski definition) is 0. The summed E-state index contributed by atoms with van der Waals surface area (Å²) >= 11 is 4.80. The summed E-state index contributed by atoms with van der Waals surface area (Å²) in [6, 6.07) is 0. The Morgan fingerprint density at radius 3 is 1.33 bits per heavy atom. The normalized spacial score (nSPS) is 8.50. The van der Waals surface area contributed by atoms with Crippen molar-refractivity contribution in [1.29, 1.82) is 0 Å². The van der Waals surface area contributed by atoms with E-state index >= 15 is 0 Å². The van der Waals surface area contributed by atoms with Gasteiger partial charge in [0.1, 0.15) is 5.83 Å². The van der Waals surface area contributed by atoms with E-state index in [1.165, 1.54) is 12.5 Å². The third kappa shape index (κ3) is 53.6. The zero-order valence-corrected chi connectivity index (χ0v) is 9.67. The summed E-state index contributed by atoms with van der Waals surface area (Å²) in [5, 5.41) is 0. The molecule has 0 N–H and O–H groups in total. The molecular formula is C10H20ClF. The molecule has 0 fully saturated rings. The molecule has 0 aromatic rings. The highest BCUT2D eigenvalue weighted by Crippen LogP contribution is 1.92. The van der Waals surface area contributed by atoms with Crippen LogP contribution < -0.4 is 0 Å². The zero-order valence-electron chi connectivity index (χ0n) is 8.91. The van der Waals surface area contributed by atoms with Gasteiger partial charge < -0.3 is 0 Å². The summed E-state index contributed by atoms with van der Waals surface area (Å²) in [5.41, 5.74) is 2.27. The minimum Gasteiger partial charge on any atom is -0.211 e. The van der Waals surface area contributed by atoms with Crippen molar-refractivity contribution in [2.75, 3.05) is 0 Å². The molecule has 0 nitrogen and oxygen atoms in total. The van der Waals surface area contributed by atoms with Gasteiger partial charge in [-0.25, -0.2) is 4.39 Å². The molecule has 0 aliphatic rings. The fourth-order valence-corrected chi connectivity index (χ4v) is 0. The van der Waals surface area contributed by atoms with Crippen molar-refractivity contribution in [1.82, 2.24) is 0 Å². The topological polar surface area (TPSA) is 0 Å². The lowest BCUT2D eigenvalue weighted by Gasteiger charge is -1.74. The maximum Gasteiger partial charge on any atom is 0.108 e. The lowest BCUT2D eigenvalue weighted by molar-refractivity contribution is 0.643. The van der Waals surface area contributed by atoms with Crippen LogP contribution in [-0.2, 0) is 0 Å². The second-order valence-electron chi connectivity index (χ2n) is 2.06. The monoisotopic (exact) mass is 194 g/mol. The second-order valence-corrected chi connectivity index (χ2v) is 2.28. The van der Waals surface area contributed by atoms with Crippen LogP contribution in [0.4, 0.5) is 4.39 Å². The van der Waals surface area contributed by atoms with Gasteiger partial charge in [0.05, 0.1) is 0 Å². The lowest BCUT2D eigenvalue weighted by atomic mass is 10.3. The predicted octanol–water partition coefficient (Wildman–Crippen LogP) is 5.05. The van der Waals surface area contributed by atoms with E-state index in [0.717, 1.165) is 5.54 Å². The summed E-state index contributed by atoms with van der Waals surface area (Å²) in [7, 11) is 0. The molecule has 0 bridgehead atoms. The van der Waals surface area contributed by atoms with Gasteiger partial charge in [-0.2, -0.15) is 0 Å². The van der Waals surface area contributed by atoms with Gasteiger partial charge in [0.15, 0.2) is 0 Å². The van der Waals surface area contributed by atoms with Crippen LogP contribution in [0.5, 0.6) is 0 Å². The Morgan fingerprint density at radius 2 is 1.33 bits per heavy atom. The van der Waals surface area contributed by atoms with E-state index in [4.69, 9.17) is 11.6 Å². The van der Waals surface area contributed by atoms with E-state index in [-0.39, 0.29) is 5.83 Å². The molecule has 0 amide bonds. The highest BCUT2D eigenvalue weighted by atomic mass is 35.5. The SMILES string of the molecule is C/C(F)=C/Cl.CC.CC=C(C)C. The van der Waals surface area contributed by atoms with Crippen molar-refractivity contribution < 1.29 is 4.39 Å². The van der Waals surface area contributed by atoms with Gasteiger partial charge in [0, 0.05) is 5.54 Å². The van der Waals surface area contributed by atoms with E-state index in [1.54, 1.807) is 0 Å². The van der Waals surface area contributed by atoms with Gasteiger partial charge in [-0.3, -0.25) is 0 Å². The van der Waals surface area contributed by atoms with Crippen LogP contribution in [0.25, 0.3) is 0 Å². The van der Waals surface area contributed by atoms with Crippen molar-refractivity contribution in [3.05, 3.63) is 23.0 Å². The Morgan fingerprint density at radius 1 is 1.17 bits per heavy atom. The van der Waals surface area contributed by atoms with Crippen LogP contribution in [0.2, 0.25) is 0 Å². The third-order valence-corrected chi connectivity index (χ3v) is 1.03. The molecule has 0 atom stereocenters. The summed E-state index contributed by atoms with van der Waals surface area (Å²) in [5.74, 6) is -0.355. The van der Waals surface area contributed by atoms with Crippen LogP contribution >= 0.6 is 11.6 Å². The van der Waals surface area contributed by atoms with Gasteiger partial charge in [0.2, 0.25) is 0 Å². The molecule has 0 radical (unpaired) electrons. The first-order chi connectivity index (χ1) is 5.54. The molecule has 0 unspecified atom stereocenters. The van der Waals surface area contributed by atoms with E-state index < -0.39 is 0 Å². The molecule has 0 heterocycles. The van der Waals surface area contributed by atoms with E-state index in [0.29, 0.717) is 0 Å². The second kappa shape index (κ2) is 17.0. The highest BCUT2D eigenvalue weighted by molar-refractivity contribution is 6.25. The van der Waals surface area contributed by atoms with Gasteiger partial charge in [-0.15, -0.1) is 0 Å². The van der Waals surface area contributed by atoms with Crippen molar-refractivity contribution in [3.63, 3.8) is 0 Å². The minimum atomic E-state index is -0.355. The maximum atomic E-state index is 11.2. The van der Waals surface area contributed by atoms with Crippen molar-refractivity contribution in [2.24, 2.45) is 0 Å². The van der Waals surface area contributed by atoms with Crippen LogP contribution in [-0.4, -0.2) is 0 Å². The largest absolute Gasteiger partial charge is 0.211 e. The molecule has 0 rings (SSSR count). The molecule has 0 saturated heterocycles. The summed E-state index contributed by atoms with van der Waals surface area (Å²) in [6.07, 6.45) is 2.08. The standard InChI is InChI=1S/C5H10.C3H4ClF.C2H6/c1-4-5(2)3;1-3(5)2-4;1-2/h4H,1-3H3;2H,1H3;1-2H3/b;3-2-;. The Labute approximate surface area is 81.1 Å². The molecule has 0 aromatic heterocycles. The average molecular weight is 195 g/mol. The van der Waals surface area contributed by atoms with E-state index in [9.17, 15) is 4.39 Å². The van der Waals surface area contributed by atoms with Gasteiger partial charge in [0.25, 0.3) is 0 Å². The number of hydrogen-bond acceptors (Lipinski definition) is 0. The number of rotatable bonds is 0. The molecule has 12 heavy (non-hydrogen) atoms. The lowest BCUT2D eigenvalue weighted by Crippen LogP contribution is -1.52. The Hall–Kier alpha value is -0.300. The van der Waals surface area contributed by atoms with E-state index in [2.05, 4.69) is 19.9 Å². The molecule has 2 heteroatoms. The first-order valence-corrected chi connectivity index (χ1v) is 4.50. The summed E-state index contributed by atoms with van der Waals surface area (Å²) in [6.45, 7) is 11.5. The van der Waals surface area contributed by atoms with Crippen LogP contribution in [0.1, 0.15) is 41.5 Å². The van der Waals surface area contributed by atoms with Crippen molar-refractivity contribution in [2.45, 2.75) is 41.5 Å². The molecule has 0 aromatic carbocycles. The van der Waals surface area contributed by atoms with Crippen LogP contribution in [0.3, 0.4) is 0 Å². The average Bonchev–Trinajstić information content (AvgIpc) is 2.09. The van der Waals surface area contributed by atoms with Crippen molar-refractivity contribution >= 4 is 11.6 Å². The number of halogens is 2. The Kier molecular flexibility index (Phi) is 25.0. The smallest absolute Gasteiger partial charge is 0.108 e. The van der Waals surface area contributed by atoms with Crippen LogP contribution in [0, 0.1) is 0 Å². The highest BCUT2D eigenvalue weighted by Gasteiger charge is 1.69. The summed E-state index contributed by atoms with van der Waals surface area (Å²) < 4.78 is 11.2. The van der Waals surface area contributed by atoms with E-state index in [1.807, 2.05) is 20.8 Å². The van der Waals surface area contributed by atoms with Gasteiger partial charge in [-0.05, 0) is 27.7 Å². The first kappa shape index (κ1) is 17.7. The summed E-state index contributed by atoms with van der Waals surface area (Å²) in [4.78, 5) is 0. The maximum absolute atomic E-state index is 11.2. The molecule has 0 aliphatic carbocycles. The van der Waals surface area contributed by atoms with Crippen molar-refractivity contribution in [3.8, 4) is 0 Å². The molecule has 0 aliphatic heterocycles. The molecule has 74 valence electrons. The Bertz CT molecular complexity index is 102. The predicted molar refractivity (Wildman–Crippen MR) is 57.2 cm³/mol. The minimum absolute atomic E-state index is 0.355. The molecular weight excluding hydrogens is 175 g/mol.